The Kier molecular flexibility index (Phi) is 6.50. The Labute approximate surface area is 146 Å². The van der Waals surface area contributed by atoms with Crippen molar-refractivity contribution >= 4 is 23.5 Å². The molecule has 0 aliphatic carbocycles. The molecule has 7 heteroatoms. The number of para-hydroxylation sites is 1. The number of esters is 1. The number of rotatable bonds is 7. The van der Waals surface area contributed by atoms with Crippen LogP contribution in [0.1, 0.15) is 33.1 Å². The maximum Gasteiger partial charge on any atom is 0.311 e. The minimum absolute atomic E-state index is 0.0484. The van der Waals surface area contributed by atoms with Crippen molar-refractivity contribution in [3.8, 4) is 0 Å². The molecule has 1 saturated heterocycles. The van der Waals surface area contributed by atoms with Crippen LogP contribution < -0.4 is 10.2 Å². The van der Waals surface area contributed by atoms with Gasteiger partial charge < -0.3 is 15.0 Å². The first kappa shape index (κ1) is 18.9. The number of nitrogens with one attached hydrogen (secondary N) is 1. The number of amides is 2. The molecule has 1 atom stereocenters. The van der Waals surface area contributed by atoms with E-state index in [1.54, 1.807) is 6.07 Å². The summed E-state index contributed by atoms with van der Waals surface area (Å²) in [5, 5.41) is 2.77. The van der Waals surface area contributed by atoms with Gasteiger partial charge in [-0.15, -0.1) is 0 Å². The SMILES string of the molecule is CCC(CC)NC(=O)COC(=O)[C@H]1CC(=O)N(c2ccccc2F)C1. The van der Waals surface area contributed by atoms with Crippen LogP contribution in [0, 0.1) is 11.7 Å². The molecule has 1 heterocycles. The molecular formula is C18H23FN2O4. The Morgan fingerprint density at radius 1 is 1.32 bits per heavy atom. The number of hydrogen-bond acceptors (Lipinski definition) is 4. The van der Waals surface area contributed by atoms with Crippen molar-refractivity contribution in [1.82, 2.24) is 5.32 Å². The van der Waals surface area contributed by atoms with Gasteiger partial charge in [0.25, 0.3) is 5.91 Å². The number of halogens is 1. The molecule has 1 fully saturated rings. The molecule has 0 saturated carbocycles. The predicted molar refractivity (Wildman–Crippen MR) is 90.3 cm³/mol. The molecule has 136 valence electrons. The largest absolute Gasteiger partial charge is 0.455 e. The van der Waals surface area contributed by atoms with Crippen LogP contribution in [0.15, 0.2) is 24.3 Å². The Hall–Kier alpha value is -2.44. The van der Waals surface area contributed by atoms with E-state index in [1.807, 2.05) is 13.8 Å². The first-order chi connectivity index (χ1) is 12.0. The van der Waals surface area contributed by atoms with Gasteiger partial charge in [0.15, 0.2) is 6.61 Å². The third-order valence-electron chi connectivity index (χ3n) is 4.30. The van der Waals surface area contributed by atoms with Crippen LogP contribution in [0.4, 0.5) is 10.1 Å². The topological polar surface area (TPSA) is 75.7 Å². The van der Waals surface area contributed by atoms with Crippen molar-refractivity contribution in [2.45, 2.75) is 39.2 Å². The number of nitrogens with zero attached hydrogens (tertiary/aromatic N) is 1. The zero-order valence-corrected chi connectivity index (χ0v) is 14.5. The molecule has 0 aromatic heterocycles. The Bertz CT molecular complexity index is 646. The molecule has 25 heavy (non-hydrogen) atoms. The summed E-state index contributed by atoms with van der Waals surface area (Å²) in [5.41, 5.74) is 0.147. The monoisotopic (exact) mass is 350 g/mol. The fourth-order valence-corrected chi connectivity index (χ4v) is 2.79. The lowest BCUT2D eigenvalue weighted by Gasteiger charge is -2.17. The summed E-state index contributed by atoms with van der Waals surface area (Å²) >= 11 is 0. The van der Waals surface area contributed by atoms with E-state index in [1.165, 1.54) is 23.1 Å². The second kappa shape index (κ2) is 8.60. The number of carbonyl (C=O) groups is 3. The zero-order chi connectivity index (χ0) is 18.4. The molecule has 1 aliphatic heterocycles. The maximum absolute atomic E-state index is 13.8. The van der Waals surface area contributed by atoms with Crippen LogP contribution in [-0.4, -0.2) is 37.0 Å². The second-order valence-electron chi connectivity index (χ2n) is 6.05. The highest BCUT2D eigenvalue weighted by molar-refractivity contribution is 5.99. The quantitative estimate of drug-likeness (QED) is 0.764. The number of ether oxygens (including phenoxy) is 1. The van der Waals surface area contributed by atoms with Gasteiger partial charge in [0.05, 0.1) is 11.6 Å². The molecule has 0 bridgehead atoms. The first-order valence-electron chi connectivity index (χ1n) is 8.47. The molecule has 1 aliphatic rings. The van der Waals surface area contributed by atoms with E-state index in [0.29, 0.717) is 0 Å². The molecule has 6 nitrogen and oxygen atoms in total. The number of carbonyl (C=O) groups excluding carboxylic acids is 3. The van der Waals surface area contributed by atoms with Gasteiger partial charge >= 0.3 is 5.97 Å². The fraction of sp³-hybridized carbons (Fsp3) is 0.500. The van der Waals surface area contributed by atoms with E-state index in [-0.39, 0.29) is 43.1 Å². The molecule has 2 amide bonds. The van der Waals surface area contributed by atoms with Gasteiger partial charge in [-0.2, -0.15) is 0 Å². The summed E-state index contributed by atoms with van der Waals surface area (Å²) in [6, 6.07) is 5.96. The highest BCUT2D eigenvalue weighted by atomic mass is 19.1. The van der Waals surface area contributed by atoms with Crippen molar-refractivity contribution in [3.05, 3.63) is 30.1 Å². The van der Waals surface area contributed by atoms with Crippen LogP contribution in [0.3, 0.4) is 0 Å². The van der Waals surface area contributed by atoms with Crippen molar-refractivity contribution in [3.63, 3.8) is 0 Å². The minimum Gasteiger partial charge on any atom is -0.455 e. The van der Waals surface area contributed by atoms with Gasteiger partial charge in [-0.05, 0) is 25.0 Å². The summed E-state index contributed by atoms with van der Waals surface area (Å²) < 4.78 is 18.8. The normalized spacial score (nSPS) is 17.0. The first-order valence-corrected chi connectivity index (χ1v) is 8.47. The molecule has 0 spiro atoms. The number of hydrogen-bond donors (Lipinski definition) is 1. The third kappa shape index (κ3) is 4.78. The van der Waals surface area contributed by atoms with Gasteiger partial charge in [0, 0.05) is 19.0 Å². The third-order valence-corrected chi connectivity index (χ3v) is 4.30. The fourth-order valence-electron chi connectivity index (χ4n) is 2.79. The summed E-state index contributed by atoms with van der Waals surface area (Å²) in [6.45, 7) is 3.59. The molecule has 0 radical (unpaired) electrons. The predicted octanol–water partition coefficient (Wildman–Crippen LogP) is 2.03. The standard InChI is InChI=1S/C18H23FN2O4/c1-3-13(4-2)20-16(22)11-25-18(24)12-9-17(23)21(10-12)15-8-6-5-7-14(15)19/h5-8,12-13H,3-4,9-11H2,1-2H3,(H,20,22)/t12-/m0/s1. The van der Waals surface area contributed by atoms with Gasteiger partial charge in [0.1, 0.15) is 5.82 Å². The van der Waals surface area contributed by atoms with E-state index in [2.05, 4.69) is 5.32 Å². The Balaban J connectivity index is 1.88. The lowest BCUT2D eigenvalue weighted by molar-refractivity contribution is -0.152. The molecular weight excluding hydrogens is 327 g/mol. The van der Waals surface area contributed by atoms with Gasteiger partial charge in [-0.25, -0.2) is 4.39 Å². The minimum atomic E-state index is -0.701. The van der Waals surface area contributed by atoms with Crippen molar-refractivity contribution in [1.29, 1.82) is 0 Å². The molecule has 0 unspecified atom stereocenters. The smallest absolute Gasteiger partial charge is 0.311 e. The van der Waals surface area contributed by atoms with E-state index >= 15 is 0 Å². The Morgan fingerprint density at radius 2 is 2.00 bits per heavy atom. The van der Waals surface area contributed by atoms with Crippen LogP contribution >= 0.6 is 0 Å². The Morgan fingerprint density at radius 3 is 2.64 bits per heavy atom. The van der Waals surface area contributed by atoms with Crippen LogP contribution in [-0.2, 0) is 19.1 Å². The molecule has 2 rings (SSSR count). The number of benzene rings is 1. The molecule has 1 aromatic rings. The van der Waals surface area contributed by atoms with Gasteiger partial charge in [-0.1, -0.05) is 26.0 Å². The second-order valence-corrected chi connectivity index (χ2v) is 6.05. The van der Waals surface area contributed by atoms with E-state index in [4.69, 9.17) is 4.74 Å². The highest BCUT2D eigenvalue weighted by Crippen LogP contribution is 2.27. The summed E-state index contributed by atoms with van der Waals surface area (Å²) in [7, 11) is 0. The van der Waals surface area contributed by atoms with Crippen molar-refractivity contribution < 1.29 is 23.5 Å². The van der Waals surface area contributed by atoms with Gasteiger partial charge in [0.2, 0.25) is 5.91 Å². The van der Waals surface area contributed by atoms with E-state index in [9.17, 15) is 18.8 Å². The average Bonchev–Trinajstić information content (AvgIpc) is 2.99. The maximum atomic E-state index is 13.8. The molecule has 1 N–H and O–H groups in total. The van der Waals surface area contributed by atoms with Crippen molar-refractivity contribution in [2.75, 3.05) is 18.1 Å². The molecule has 1 aromatic carbocycles. The van der Waals surface area contributed by atoms with Crippen molar-refractivity contribution in [2.24, 2.45) is 5.92 Å². The van der Waals surface area contributed by atoms with Crippen LogP contribution in [0.5, 0.6) is 0 Å². The summed E-state index contributed by atoms with van der Waals surface area (Å²) in [4.78, 5) is 37.2. The average molecular weight is 350 g/mol. The van der Waals surface area contributed by atoms with Gasteiger partial charge in [-0.3, -0.25) is 14.4 Å². The lowest BCUT2D eigenvalue weighted by atomic mass is 10.1. The van der Waals surface area contributed by atoms with Crippen LogP contribution in [0.2, 0.25) is 0 Å². The summed E-state index contributed by atoms with van der Waals surface area (Å²) in [6.07, 6.45) is 1.54. The number of anilines is 1. The summed E-state index contributed by atoms with van der Waals surface area (Å²) in [5.74, 6) is -2.54. The lowest BCUT2D eigenvalue weighted by Crippen LogP contribution is -2.37. The highest BCUT2D eigenvalue weighted by Gasteiger charge is 2.37. The van der Waals surface area contributed by atoms with E-state index < -0.39 is 17.7 Å². The van der Waals surface area contributed by atoms with E-state index in [0.717, 1.165) is 12.8 Å². The van der Waals surface area contributed by atoms with Crippen LogP contribution in [0.25, 0.3) is 0 Å². The zero-order valence-electron chi connectivity index (χ0n) is 14.5.